The van der Waals surface area contributed by atoms with Crippen LogP contribution in [0.1, 0.15) is 5.56 Å². The maximum Gasteiger partial charge on any atom is 0.0839 e. The van der Waals surface area contributed by atoms with E-state index in [1.54, 1.807) is 11.2 Å². The third-order valence-electron chi connectivity index (χ3n) is 1.78. The third-order valence-corrected chi connectivity index (χ3v) is 1.78. The molecule has 4 heteroatoms. The summed E-state index contributed by atoms with van der Waals surface area (Å²) in [6.07, 6.45) is 3.59. The van der Waals surface area contributed by atoms with Gasteiger partial charge in [-0.15, -0.1) is 0 Å². The van der Waals surface area contributed by atoms with E-state index in [1.807, 2.05) is 12.3 Å². The zero-order valence-electron chi connectivity index (χ0n) is 6.12. The molecule has 0 saturated carbocycles. The van der Waals surface area contributed by atoms with Crippen molar-refractivity contribution in [2.45, 2.75) is 6.54 Å². The number of aromatic nitrogens is 1. The van der Waals surface area contributed by atoms with Crippen LogP contribution in [-0.4, -0.2) is 11.7 Å². The molecular weight excluding hydrogens is 140 g/mol. The summed E-state index contributed by atoms with van der Waals surface area (Å²) < 4.78 is 0. The predicted molar refractivity (Wildman–Crippen MR) is 42.6 cm³/mol. The Balaban J connectivity index is 2.44. The monoisotopic (exact) mass is 150 g/mol. The first-order valence-corrected chi connectivity index (χ1v) is 3.54. The molecule has 0 atom stereocenters. The Kier molecular flexibility index (Phi) is 1.48. The lowest BCUT2D eigenvalue weighted by molar-refractivity contribution is 0.623. The fourth-order valence-electron chi connectivity index (χ4n) is 1.23. The summed E-state index contributed by atoms with van der Waals surface area (Å²) in [6, 6.07) is 1.93. The fourth-order valence-corrected chi connectivity index (χ4v) is 1.23. The van der Waals surface area contributed by atoms with Gasteiger partial charge in [0.25, 0.3) is 0 Å². The smallest absolute Gasteiger partial charge is 0.0839 e. The highest BCUT2D eigenvalue weighted by Crippen LogP contribution is 2.18. The molecule has 3 N–H and O–H groups in total. The van der Waals surface area contributed by atoms with Gasteiger partial charge in [0.15, 0.2) is 0 Å². The molecule has 0 bridgehead atoms. The summed E-state index contributed by atoms with van der Waals surface area (Å²) in [4.78, 5) is 4.01. The van der Waals surface area contributed by atoms with Crippen molar-refractivity contribution in [3.05, 3.63) is 24.0 Å². The predicted octanol–water partition coefficient (Wildman–Crippen LogP) is -0.178. The van der Waals surface area contributed by atoms with Gasteiger partial charge in [-0.3, -0.25) is 15.3 Å². The van der Waals surface area contributed by atoms with Crippen LogP contribution >= 0.6 is 0 Å². The van der Waals surface area contributed by atoms with Gasteiger partial charge in [0.2, 0.25) is 0 Å². The molecule has 1 aliphatic rings. The number of nitrogens with zero attached hydrogens (tertiary/aromatic N) is 2. The van der Waals surface area contributed by atoms with Gasteiger partial charge in [0.1, 0.15) is 0 Å². The van der Waals surface area contributed by atoms with Crippen molar-refractivity contribution in [2.75, 3.05) is 11.7 Å². The van der Waals surface area contributed by atoms with Crippen molar-refractivity contribution in [3.63, 3.8) is 0 Å². The topological polar surface area (TPSA) is 54.2 Å². The van der Waals surface area contributed by atoms with Crippen molar-refractivity contribution in [1.29, 1.82) is 0 Å². The van der Waals surface area contributed by atoms with Crippen molar-refractivity contribution in [3.8, 4) is 0 Å². The third kappa shape index (κ3) is 1.06. The van der Waals surface area contributed by atoms with E-state index in [2.05, 4.69) is 10.3 Å². The molecule has 0 amide bonds. The van der Waals surface area contributed by atoms with Gasteiger partial charge in [-0.05, 0) is 6.07 Å². The minimum Gasteiger partial charge on any atom is -0.297 e. The largest absolute Gasteiger partial charge is 0.297 e. The quantitative estimate of drug-likeness (QED) is 0.504. The van der Waals surface area contributed by atoms with Gasteiger partial charge >= 0.3 is 0 Å². The highest BCUT2D eigenvalue weighted by molar-refractivity contribution is 5.52. The summed E-state index contributed by atoms with van der Waals surface area (Å²) in [5, 5.41) is 4.83. The van der Waals surface area contributed by atoms with E-state index in [-0.39, 0.29) is 0 Å². The Labute approximate surface area is 65.0 Å². The molecule has 2 rings (SSSR count). The van der Waals surface area contributed by atoms with Gasteiger partial charge in [-0.25, -0.2) is 5.84 Å². The van der Waals surface area contributed by atoms with Crippen LogP contribution in [0.15, 0.2) is 18.5 Å². The van der Waals surface area contributed by atoms with E-state index in [0.29, 0.717) is 6.67 Å². The first-order chi connectivity index (χ1) is 5.38. The molecule has 58 valence electrons. The number of fused-ring (bicyclic) bond motifs is 1. The minimum absolute atomic E-state index is 0.705. The summed E-state index contributed by atoms with van der Waals surface area (Å²) in [5.41, 5.74) is 2.22. The van der Waals surface area contributed by atoms with E-state index >= 15 is 0 Å². The maximum absolute atomic E-state index is 5.69. The Morgan fingerprint density at radius 3 is 3.36 bits per heavy atom. The summed E-state index contributed by atoms with van der Waals surface area (Å²) in [7, 11) is 0. The highest BCUT2D eigenvalue weighted by Gasteiger charge is 2.11. The first-order valence-electron chi connectivity index (χ1n) is 3.54. The highest BCUT2D eigenvalue weighted by atomic mass is 15.5. The molecule has 0 aliphatic carbocycles. The molecule has 0 spiro atoms. The van der Waals surface area contributed by atoms with Crippen LogP contribution in [0.5, 0.6) is 0 Å². The van der Waals surface area contributed by atoms with E-state index in [9.17, 15) is 0 Å². The number of anilines is 1. The molecule has 4 nitrogen and oxygen atoms in total. The zero-order valence-corrected chi connectivity index (χ0v) is 6.12. The lowest BCUT2D eigenvalue weighted by Gasteiger charge is -2.26. The molecule has 1 aliphatic heterocycles. The van der Waals surface area contributed by atoms with E-state index in [4.69, 9.17) is 5.84 Å². The van der Waals surface area contributed by atoms with Crippen LogP contribution in [0.2, 0.25) is 0 Å². The number of rotatable bonds is 0. The maximum atomic E-state index is 5.69. The van der Waals surface area contributed by atoms with Gasteiger partial charge in [-0.2, -0.15) is 0 Å². The molecule has 0 fully saturated rings. The van der Waals surface area contributed by atoms with Crippen LogP contribution in [-0.2, 0) is 6.54 Å². The molecule has 1 aromatic heterocycles. The second kappa shape index (κ2) is 2.48. The SMILES string of the molecule is NN1CNCc2cnccc21. The van der Waals surface area contributed by atoms with Crippen molar-refractivity contribution >= 4 is 5.69 Å². The van der Waals surface area contributed by atoms with E-state index in [1.165, 1.54) is 0 Å². The number of pyridine rings is 1. The van der Waals surface area contributed by atoms with Crippen LogP contribution in [0, 0.1) is 0 Å². The van der Waals surface area contributed by atoms with Gasteiger partial charge in [-0.1, -0.05) is 0 Å². The van der Waals surface area contributed by atoms with Crippen LogP contribution < -0.4 is 16.2 Å². The average molecular weight is 150 g/mol. The zero-order chi connectivity index (χ0) is 7.68. The van der Waals surface area contributed by atoms with E-state index in [0.717, 1.165) is 17.8 Å². The van der Waals surface area contributed by atoms with Crippen molar-refractivity contribution < 1.29 is 0 Å². The molecular formula is C7H10N4. The Hall–Kier alpha value is -1.13. The molecule has 0 saturated heterocycles. The second-order valence-corrected chi connectivity index (χ2v) is 2.56. The van der Waals surface area contributed by atoms with Crippen molar-refractivity contribution in [2.24, 2.45) is 5.84 Å². The van der Waals surface area contributed by atoms with E-state index < -0.39 is 0 Å². The minimum atomic E-state index is 0.705. The number of hydrazine groups is 1. The molecule has 1 aromatic rings. The number of nitrogens with two attached hydrogens (primary N) is 1. The number of hydrogen-bond donors (Lipinski definition) is 2. The summed E-state index contributed by atoms with van der Waals surface area (Å²) in [6.45, 7) is 1.56. The van der Waals surface area contributed by atoms with Crippen LogP contribution in [0.25, 0.3) is 0 Å². The molecule has 0 aromatic carbocycles. The lowest BCUT2D eigenvalue weighted by atomic mass is 10.2. The van der Waals surface area contributed by atoms with Crippen molar-refractivity contribution in [1.82, 2.24) is 10.3 Å². The first kappa shape index (κ1) is 6.57. The van der Waals surface area contributed by atoms with Gasteiger partial charge in [0, 0.05) is 24.5 Å². The summed E-state index contributed by atoms with van der Waals surface area (Å²) >= 11 is 0. The fraction of sp³-hybridized carbons (Fsp3) is 0.286. The van der Waals surface area contributed by atoms with Crippen LogP contribution in [0.4, 0.5) is 5.69 Å². The number of nitrogens with one attached hydrogen (secondary N) is 1. The molecule has 0 unspecified atom stereocenters. The van der Waals surface area contributed by atoms with Crippen LogP contribution in [0.3, 0.4) is 0 Å². The molecule has 0 radical (unpaired) electrons. The normalized spacial score (nSPS) is 16.3. The lowest BCUT2D eigenvalue weighted by Crippen LogP contribution is -2.43. The molecule has 2 heterocycles. The standard InChI is InChI=1S/C7H10N4/c8-11-5-10-4-6-3-9-2-1-7(6)11/h1-3,10H,4-5,8H2. The average Bonchev–Trinajstić information content (AvgIpc) is 2.06. The Bertz CT molecular complexity index is 260. The Morgan fingerprint density at radius 2 is 2.55 bits per heavy atom. The summed E-state index contributed by atoms with van der Waals surface area (Å²) in [5.74, 6) is 5.69. The number of hydrogen-bond acceptors (Lipinski definition) is 4. The molecule has 11 heavy (non-hydrogen) atoms. The van der Waals surface area contributed by atoms with Gasteiger partial charge < -0.3 is 0 Å². The second-order valence-electron chi connectivity index (χ2n) is 2.56. The Morgan fingerprint density at radius 1 is 1.64 bits per heavy atom. The van der Waals surface area contributed by atoms with Gasteiger partial charge in [0.05, 0.1) is 12.4 Å².